The van der Waals surface area contributed by atoms with Gasteiger partial charge in [0.15, 0.2) is 0 Å². The molecule has 0 radical (unpaired) electrons. The molecule has 0 saturated carbocycles. The van der Waals surface area contributed by atoms with Crippen molar-refractivity contribution in [3.63, 3.8) is 0 Å². The summed E-state index contributed by atoms with van der Waals surface area (Å²) in [6.07, 6.45) is 3.98. The maximum atomic E-state index is 9.41. The Morgan fingerprint density at radius 1 is 1.33 bits per heavy atom. The molecule has 1 aromatic carbocycles. The molecule has 0 saturated heterocycles. The van der Waals surface area contributed by atoms with Crippen LogP contribution in [-0.2, 0) is 6.54 Å². The number of aliphatic hydroxyl groups is 1. The van der Waals surface area contributed by atoms with Crippen LogP contribution in [0.4, 0.5) is 0 Å². The van der Waals surface area contributed by atoms with Gasteiger partial charge in [0, 0.05) is 13.1 Å². The molecule has 1 N–H and O–H groups in total. The summed E-state index contributed by atoms with van der Waals surface area (Å²) >= 11 is 0. The van der Waals surface area contributed by atoms with Gasteiger partial charge in [-0.05, 0) is 19.4 Å². The van der Waals surface area contributed by atoms with E-state index in [-0.39, 0.29) is 12.6 Å². The van der Waals surface area contributed by atoms with Gasteiger partial charge in [-0.3, -0.25) is 4.90 Å². The van der Waals surface area contributed by atoms with E-state index in [0.29, 0.717) is 0 Å². The second-order valence-electron chi connectivity index (χ2n) is 4.68. The number of hydrogen-bond donors (Lipinski definition) is 1. The predicted octanol–water partition coefficient (Wildman–Crippen LogP) is 3.00. The highest BCUT2D eigenvalue weighted by atomic mass is 16.3. The van der Waals surface area contributed by atoms with Crippen LogP contribution >= 0.6 is 0 Å². The van der Waals surface area contributed by atoms with Crippen LogP contribution in [-0.4, -0.2) is 29.2 Å². The van der Waals surface area contributed by atoms with Gasteiger partial charge in [-0.2, -0.15) is 0 Å². The van der Waals surface area contributed by atoms with Crippen molar-refractivity contribution in [2.45, 2.75) is 26.4 Å². The minimum atomic E-state index is 0.000746. The van der Waals surface area contributed by atoms with E-state index < -0.39 is 0 Å². The van der Waals surface area contributed by atoms with Crippen LogP contribution in [0, 0.1) is 0 Å². The van der Waals surface area contributed by atoms with Gasteiger partial charge >= 0.3 is 0 Å². The molecule has 0 aromatic heterocycles. The lowest BCUT2D eigenvalue weighted by atomic mass is 10.1. The fraction of sp³-hybridized carbons (Fsp3) is 0.375. The summed E-state index contributed by atoms with van der Waals surface area (Å²) in [5.74, 6) is 0. The van der Waals surface area contributed by atoms with E-state index in [2.05, 4.69) is 43.5 Å². The van der Waals surface area contributed by atoms with Crippen molar-refractivity contribution in [3.8, 4) is 0 Å². The van der Waals surface area contributed by atoms with Gasteiger partial charge in [-0.15, -0.1) is 6.58 Å². The number of nitrogens with zero attached hydrogens (tertiary/aromatic N) is 1. The van der Waals surface area contributed by atoms with Crippen LogP contribution in [0.15, 0.2) is 54.6 Å². The lowest BCUT2D eigenvalue weighted by Gasteiger charge is -2.27. The van der Waals surface area contributed by atoms with Gasteiger partial charge in [0.25, 0.3) is 0 Å². The Morgan fingerprint density at radius 2 is 2.00 bits per heavy atom. The molecule has 0 bridgehead atoms. The van der Waals surface area contributed by atoms with Gasteiger partial charge in [0.05, 0.1) is 12.6 Å². The molecule has 0 spiro atoms. The summed E-state index contributed by atoms with van der Waals surface area (Å²) in [7, 11) is 0. The van der Waals surface area contributed by atoms with Crippen molar-refractivity contribution in [2.24, 2.45) is 0 Å². The zero-order valence-corrected chi connectivity index (χ0v) is 11.3. The summed E-state index contributed by atoms with van der Waals surface area (Å²) < 4.78 is 0. The molecule has 0 fully saturated rings. The van der Waals surface area contributed by atoms with Gasteiger partial charge in [0.1, 0.15) is 0 Å². The molecule has 0 aliphatic heterocycles. The van der Waals surface area contributed by atoms with Crippen molar-refractivity contribution in [2.75, 3.05) is 13.2 Å². The van der Waals surface area contributed by atoms with Crippen LogP contribution in [0.5, 0.6) is 0 Å². The fourth-order valence-corrected chi connectivity index (χ4v) is 1.77. The maximum absolute atomic E-state index is 9.41. The van der Waals surface area contributed by atoms with Crippen molar-refractivity contribution >= 4 is 0 Å². The summed E-state index contributed by atoms with van der Waals surface area (Å²) in [4.78, 5) is 2.22. The molecule has 2 heteroatoms. The van der Waals surface area contributed by atoms with Crippen LogP contribution in [0.1, 0.15) is 19.4 Å². The Hall–Kier alpha value is -1.38. The predicted molar refractivity (Wildman–Crippen MR) is 77.4 cm³/mol. The molecule has 0 amide bonds. The third kappa shape index (κ3) is 4.86. The smallest absolute Gasteiger partial charge is 0.0622 e. The second kappa shape index (κ2) is 7.85. The Bertz CT molecular complexity index is 379. The van der Waals surface area contributed by atoms with E-state index in [0.717, 1.165) is 13.1 Å². The summed E-state index contributed by atoms with van der Waals surface area (Å²) in [6, 6.07) is 10.3. The number of hydrogen-bond acceptors (Lipinski definition) is 2. The summed E-state index contributed by atoms with van der Waals surface area (Å²) in [5, 5.41) is 9.41. The quantitative estimate of drug-likeness (QED) is 0.746. The first-order valence-electron chi connectivity index (χ1n) is 6.32. The molecule has 0 unspecified atom stereocenters. The highest BCUT2D eigenvalue weighted by Gasteiger charge is 2.13. The molecular formula is C16H23NO. The van der Waals surface area contributed by atoms with Gasteiger partial charge < -0.3 is 5.11 Å². The average molecular weight is 245 g/mol. The zero-order valence-electron chi connectivity index (χ0n) is 11.3. The Morgan fingerprint density at radius 3 is 2.50 bits per heavy atom. The molecule has 0 aliphatic carbocycles. The van der Waals surface area contributed by atoms with E-state index in [4.69, 9.17) is 0 Å². The average Bonchev–Trinajstić information content (AvgIpc) is 2.38. The molecule has 0 aliphatic rings. The monoisotopic (exact) mass is 245 g/mol. The lowest BCUT2D eigenvalue weighted by molar-refractivity contribution is 0.158. The number of benzene rings is 1. The standard InChI is InChI=1S/C16H23NO/c1-4-16(13-18)17(11-10-14(2)3)12-15-8-6-5-7-9-15/h4-10,16,18H,1,11-13H2,2-3H3/t16-/m0/s1. The first-order chi connectivity index (χ1) is 8.67. The minimum Gasteiger partial charge on any atom is -0.394 e. The Balaban J connectivity index is 2.76. The molecule has 98 valence electrons. The van der Waals surface area contributed by atoms with Crippen LogP contribution < -0.4 is 0 Å². The third-order valence-corrected chi connectivity index (χ3v) is 2.89. The number of aliphatic hydroxyl groups excluding tert-OH is 1. The second-order valence-corrected chi connectivity index (χ2v) is 4.68. The van der Waals surface area contributed by atoms with Crippen molar-refractivity contribution < 1.29 is 5.11 Å². The molecule has 1 rings (SSSR count). The Kier molecular flexibility index (Phi) is 6.40. The Labute approximate surface area is 110 Å². The first kappa shape index (κ1) is 14.7. The molecule has 18 heavy (non-hydrogen) atoms. The van der Waals surface area contributed by atoms with Crippen molar-refractivity contribution in [3.05, 3.63) is 60.2 Å². The number of rotatable bonds is 7. The molecule has 2 nitrogen and oxygen atoms in total. The van der Waals surface area contributed by atoms with E-state index in [1.165, 1.54) is 11.1 Å². The van der Waals surface area contributed by atoms with Crippen LogP contribution in [0.25, 0.3) is 0 Å². The molecule has 0 heterocycles. The minimum absolute atomic E-state index is 0.000746. The number of allylic oxidation sites excluding steroid dienone is 1. The van der Waals surface area contributed by atoms with Crippen LogP contribution in [0.2, 0.25) is 0 Å². The SMILES string of the molecule is C=C[C@@H](CO)N(CC=C(C)C)Cc1ccccc1. The molecule has 1 atom stereocenters. The maximum Gasteiger partial charge on any atom is 0.0622 e. The molecular weight excluding hydrogens is 222 g/mol. The molecule has 1 aromatic rings. The van der Waals surface area contributed by atoms with E-state index in [9.17, 15) is 5.11 Å². The summed E-state index contributed by atoms with van der Waals surface area (Å²) in [5.41, 5.74) is 2.54. The van der Waals surface area contributed by atoms with Crippen LogP contribution in [0.3, 0.4) is 0 Å². The van der Waals surface area contributed by atoms with E-state index in [1.807, 2.05) is 24.3 Å². The fourth-order valence-electron chi connectivity index (χ4n) is 1.77. The normalized spacial score (nSPS) is 12.2. The lowest BCUT2D eigenvalue weighted by Crippen LogP contribution is -2.36. The van der Waals surface area contributed by atoms with Crippen molar-refractivity contribution in [1.29, 1.82) is 0 Å². The van der Waals surface area contributed by atoms with Gasteiger partial charge in [-0.1, -0.05) is 48.1 Å². The largest absolute Gasteiger partial charge is 0.394 e. The highest BCUT2D eigenvalue weighted by Crippen LogP contribution is 2.09. The van der Waals surface area contributed by atoms with Gasteiger partial charge in [0.2, 0.25) is 0 Å². The topological polar surface area (TPSA) is 23.5 Å². The van der Waals surface area contributed by atoms with E-state index in [1.54, 1.807) is 0 Å². The highest BCUT2D eigenvalue weighted by molar-refractivity contribution is 5.15. The zero-order chi connectivity index (χ0) is 13.4. The summed E-state index contributed by atoms with van der Waals surface area (Å²) in [6.45, 7) is 9.72. The van der Waals surface area contributed by atoms with Gasteiger partial charge in [-0.25, -0.2) is 0 Å². The van der Waals surface area contributed by atoms with Crippen molar-refractivity contribution in [1.82, 2.24) is 4.90 Å². The third-order valence-electron chi connectivity index (χ3n) is 2.89. The van der Waals surface area contributed by atoms with E-state index >= 15 is 0 Å². The first-order valence-corrected chi connectivity index (χ1v) is 6.32.